The Bertz CT molecular complexity index is 647. The Hall–Kier alpha value is -2.31. The molecule has 0 bridgehead atoms. The Kier molecular flexibility index (Phi) is 5.64. The Balaban J connectivity index is 2.08. The molecule has 1 fully saturated rings. The SMILES string of the molecule is C/C(=C\C(=O)Nc1ccccc1NC(=O)C(F)(F)F)C1CCCC1. The number of amides is 2. The molecule has 24 heavy (non-hydrogen) atoms. The van der Waals surface area contributed by atoms with Crippen LogP contribution in [-0.4, -0.2) is 18.0 Å². The molecule has 2 amide bonds. The number of carbonyl (C=O) groups excluding carboxylic acids is 2. The van der Waals surface area contributed by atoms with Gasteiger partial charge in [-0.25, -0.2) is 0 Å². The fourth-order valence-corrected chi connectivity index (χ4v) is 2.77. The molecule has 0 spiro atoms. The van der Waals surface area contributed by atoms with Crippen molar-refractivity contribution in [3.8, 4) is 0 Å². The molecular formula is C17H19F3N2O2. The number of alkyl halides is 3. The van der Waals surface area contributed by atoms with Gasteiger partial charge in [-0.2, -0.15) is 13.2 Å². The molecule has 7 heteroatoms. The lowest BCUT2D eigenvalue weighted by Crippen LogP contribution is -2.30. The van der Waals surface area contributed by atoms with Crippen molar-refractivity contribution in [2.75, 3.05) is 10.6 Å². The average molecular weight is 340 g/mol. The van der Waals surface area contributed by atoms with E-state index in [9.17, 15) is 22.8 Å². The fourth-order valence-electron chi connectivity index (χ4n) is 2.77. The topological polar surface area (TPSA) is 58.2 Å². The molecule has 0 radical (unpaired) electrons. The molecule has 2 N–H and O–H groups in total. The third kappa shape index (κ3) is 4.84. The zero-order valence-electron chi connectivity index (χ0n) is 13.2. The third-order valence-corrected chi connectivity index (χ3v) is 4.05. The van der Waals surface area contributed by atoms with E-state index in [0.717, 1.165) is 31.3 Å². The Morgan fingerprint density at radius 3 is 2.17 bits per heavy atom. The van der Waals surface area contributed by atoms with Crippen molar-refractivity contribution in [2.24, 2.45) is 5.92 Å². The number of carbonyl (C=O) groups is 2. The van der Waals surface area contributed by atoms with Crippen LogP contribution in [0.1, 0.15) is 32.6 Å². The van der Waals surface area contributed by atoms with Crippen LogP contribution < -0.4 is 10.6 Å². The Labute approximate surface area is 138 Å². The van der Waals surface area contributed by atoms with Gasteiger partial charge < -0.3 is 10.6 Å². The van der Waals surface area contributed by atoms with E-state index in [1.807, 2.05) is 6.92 Å². The molecule has 4 nitrogen and oxygen atoms in total. The lowest BCUT2D eigenvalue weighted by atomic mass is 9.99. The van der Waals surface area contributed by atoms with Gasteiger partial charge in [-0.1, -0.05) is 30.5 Å². The molecule has 0 aromatic heterocycles. The minimum atomic E-state index is -4.99. The van der Waals surface area contributed by atoms with Gasteiger partial charge in [0.25, 0.3) is 0 Å². The van der Waals surface area contributed by atoms with Crippen LogP contribution in [0.5, 0.6) is 0 Å². The summed E-state index contributed by atoms with van der Waals surface area (Å²) in [7, 11) is 0. The van der Waals surface area contributed by atoms with Crippen LogP contribution in [0.4, 0.5) is 24.5 Å². The van der Waals surface area contributed by atoms with Crippen molar-refractivity contribution >= 4 is 23.2 Å². The zero-order chi connectivity index (χ0) is 17.7. The van der Waals surface area contributed by atoms with E-state index in [4.69, 9.17) is 0 Å². The van der Waals surface area contributed by atoms with Crippen molar-refractivity contribution < 1.29 is 22.8 Å². The first-order valence-electron chi connectivity index (χ1n) is 7.74. The third-order valence-electron chi connectivity index (χ3n) is 4.05. The maximum absolute atomic E-state index is 12.4. The van der Waals surface area contributed by atoms with Crippen LogP contribution in [0.3, 0.4) is 0 Å². The monoisotopic (exact) mass is 340 g/mol. The summed E-state index contributed by atoms with van der Waals surface area (Å²) >= 11 is 0. The molecule has 130 valence electrons. The molecular weight excluding hydrogens is 321 g/mol. The first-order chi connectivity index (χ1) is 11.3. The molecule has 0 aliphatic heterocycles. The normalized spacial score (nSPS) is 16.1. The summed E-state index contributed by atoms with van der Waals surface area (Å²) in [5, 5.41) is 4.29. The van der Waals surface area contributed by atoms with Gasteiger partial charge in [0.2, 0.25) is 5.91 Å². The number of hydrogen-bond donors (Lipinski definition) is 2. The smallest absolute Gasteiger partial charge is 0.321 e. The summed E-state index contributed by atoms with van der Waals surface area (Å²) in [4.78, 5) is 23.2. The largest absolute Gasteiger partial charge is 0.471 e. The van der Waals surface area contributed by atoms with Crippen LogP contribution in [-0.2, 0) is 9.59 Å². The lowest BCUT2D eigenvalue weighted by Gasteiger charge is -2.13. The van der Waals surface area contributed by atoms with E-state index in [0.29, 0.717) is 5.92 Å². The van der Waals surface area contributed by atoms with E-state index < -0.39 is 18.0 Å². The van der Waals surface area contributed by atoms with Crippen LogP contribution >= 0.6 is 0 Å². The number of rotatable bonds is 4. The van der Waals surface area contributed by atoms with Gasteiger partial charge in [0.1, 0.15) is 0 Å². The van der Waals surface area contributed by atoms with Crippen molar-refractivity contribution in [3.63, 3.8) is 0 Å². The minimum absolute atomic E-state index is 0.0971. The highest BCUT2D eigenvalue weighted by atomic mass is 19.4. The second-order valence-corrected chi connectivity index (χ2v) is 5.86. The average Bonchev–Trinajstić information content (AvgIpc) is 3.02. The quantitative estimate of drug-likeness (QED) is 0.805. The van der Waals surface area contributed by atoms with Crippen molar-refractivity contribution in [1.29, 1.82) is 0 Å². The zero-order valence-corrected chi connectivity index (χ0v) is 13.2. The van der Waals surface area contributed by atoms with Crippen LogP contribution in [0.15, 0.2) is 35.9 Å². The molecule has 0 atom stereocenters. The molecule has 1 aliphatic rings. The first kappa shape index (κ1) is 18.0. The van der Waals surface area contributed by atoms with Crippen molar-refractivity contribution in [2.45, 2.75) is 38.8 Å². The maximum atomic E-state index is 12.4. The van der Waals surface area contributed by atoms with Crippen LogP contribution in [0, 0.1) is 5.92 Å². The Morgan fingerprint density at radius 1 is 1.08 bits per heavy atom. The number of halogens is 3. The van der Waals surface area contributed by atoms with Gasteiger partial charge in [0, 0.05) is 6.08 Å². The molecule has 0 heterocycles. The van der Waals surface area contributed by atoms with Gasteiger partial charge in [0.15, 0.2) is 0 Å². The number of anilines is 2. The number of nitrogens with one attached hydrogen (secondary N) is 2. The van der Waals surface area contributed by atoms with Crippen molar-refractivity contribution in [3.05, 3.63) is 35.9 Å². The summed E-state index contributed by atoms with van der Waals surface area (Å²) in [5.74, 6) is -2.12. The number of para-hydroxylation sites is 2. The molecule has 1 aliphatic carbocycles. The molecule has 0 unspecified atom stereocenters. The van der Waals surface area contributed by atoms with E-state index in [-0.39, 0.29) is 11.4 Å². The highest BCUT2D eigenvalue weighted by Gasteiger charge is 2.39. The summed E-state index contributed by atoms with van der Waals surface area (Å²) in [6, 6.07) is 5.77. The van der Waals surface area contributed by atoms with Crippen molar-refractivity contribution in [1.82, 2.24) is 0 Å². The van der Waals surface area contributed by atoms with Crippen LogP contribution in [0.25, 0.3) is 0 Å². The number of allylic oxidation sites excluding steroid dienone is 1. The van der Waals surface area contributed by atoms with Gasteiger partial charge >= 0.3 is 12.1 Å². The minimum Gasteiger partial charge on any atom is -0.321 e. The lowest BCUT2D eigenvalue weighted by molar-refractivity contribution is -0.167. The molecule has 1 aromatic carbocycles. The van der Waals surface area contributed by atoms with Gasteiger partial charge in [-0.05, 0) is 37.8 Å². The summed E-state index contributed by atoms with van der Waals surface area (Å²) in [6.07, 6.45) is 0.865. The number of benzene rings is 1. The Morgan fingerprint density at radius 2 is 1.62 bits per heavy atom. The van der Waals surface area contributed by atoms with E-state index in [2.05, 4.69) is 5.32 Å². The first-order valence-corrected chi connectivity index (χ1v) is 7.74. The van der Waals surface area contributed by atoms with E-state index >= 15 is 0 Å². The molecule has 1 aromatic rings. The number of hydrogen-bond acceptors (Lipinski definition) is 2. The standard InChI is InChI=1S/C17H19F3N2O2/c1-11(12-6-2-3-7-12)10-15(23)21-13-8-4-5-9-14(13)22-16(24)17(18,19)20/h4-5,8-10,12H,2-3,6-7H2,1H3,(H,21,23)(H,22,24)/b11-10+. The highest BCUT2D eigenvalue weighted by Crippen LogP contribution is 2.31. The molecule has 1 saturated carbocycles. The van der Waals surface area contributed by atoms with Gasteiger partial charge in [-0.15, -0.1) is 0 Å². The molecule has 2 rings (SSSR count). The second-order valence-electron chi connectivity index (χ2n) is 5.86. The van der Waals surface area contributed by atoms with Crippen LogP contribution in [0.2, 0.25) is 0 Å². The predicted octanol–water partition coefficient (Wildman–Crippen LogP) is 4.26. The van der Waals surface area contributed by atoms with E-state index in [1.165, 1.54) is 24.3 Å². The second kappa shape index (κ2) is 7.51. The van der Waals surface area contributed by atoms with Gasteiger partial charge in [0.05, 0.1) is 11.4 Å². The maximum Gasteiger partial charge on any atom is 0.471 e. The summed E-state index contributed by atoms with van der Waals surface area (Å²) in [5.41, 5.74) is 0.984. The highest BCUT2D eigenvalue weighted by molar-refractivity contribution is 6.04. The molecule has 0 saturated heterocycles. The summed E-state index contributed by atoms with van der Waals surface area (Å²) < 4.78 is 37.1. The van der Waals surface area contributed by atoms with Gasteiger partial charge in [-0.3, -0.25) is 9.59 Å². The predicted molar refractivity (Wildman–Crippen MR) is 85.5 cm³/mol. The summed E-state index contributed by atoms with van der Waals surface area (Å²) in [6.45, 7) is 1.88. The van der Waals surface area contributed by atoms with E-state index in [1.54, 1.807) is 11.4 Å². The fraction of sp³-hybridized carbons (Fsp3) is 0.412.